The smallest absolute Gasteiger partial charge is 0.229 e. The molecule has 0 bridgehead atoms. The van der Waals surface area contributed by atoms with Gasteiger partial charge in [-0.3, -0.25) is 0 Å². The van der Waals surface area contributed by atoms with Gasteiger partial charge in [0.1, 0.15) is 11.9 Å². The molecule has 1 saturated heterocycles. The summed E-state index contributed by atoms with van der Waals surface area (Å²) in [5.74, 6) is 0.490. The van der Waals surface area contributed by atoms with E-state index in [2.05, 4.69) is 31.2 Å². The van der Waals surface area contributed by atoms with Crippen molar-refractivity contribution in [1.82, 2.24) is 0 Å². The monoisotopic (exact) mass is 373 g/mol. The van der Waals surface area contributed by atoms with Gasteiger partial charge in [-0.2, -0.15) is 0 Å². The third kappa shape index (κ3) is 4.78. The number of aryl methyl sites for hydroxylation is 1. The van der Waals surface area contributed by atoms with Crippen molar-refractivity contribution in [1.29, 1.82) is 0 Å². The molecular formula is C21H27NO5. The Balaban J connectivity index is 1.80. The molecule has 1 aliphatic rings. The van der Waals surface area contributed by atoms with Crippen molar-refractivity contribution >= 4 is 5.69 Å². The molecule has 0 aromatic heterocycles. The molecule has 1 fully saturated rings. The number of hydrogen-bond donors (Lipinski definition) is 4. The molecule has 1 aliphatic heterocycles. The van der Waals surface area contributed by atoms with Gasteiger partial charge < -0.3 is 30.5 Å². The SMILES string of the molecule is CCc1ccc(Cc2ccc(N)cc2O[C@H]2O[C@H](CO)C[C@H](O)[C@H]2O)cc1. The van der Waals surface area contributed by atoms with E-state index in [-0.39, 0.29) is 13.0 Å². The maximum absolute atomic E-state index is 10.2. The van der Waals surface area contributed by atoms with E-state index in [1.54, 1.807) is 12.1 Å². The van der Waals surface area contributed by atoms with E-state index >= 15 is 0 Å². The van der Waals surface area contributed by atoms with Gasteiger partial charge in [-0.25, -0.2) is 0 Å². The zero-order chi connectivity index (χ0) is 19.4. The summed E-state index contributed by atoms with van der Waals surface area (Å²) in [5.41, 5.74) is 9.73. The van der Waals surface area contributed by atoms with Crippen LogP contribution in [0.2, 0.25) is 0 Å². The van der Waals surface area contributed by atoms with Gasteiger partial charge in [0.05, 0.1) is 18.8 Å². The molecule has 6 nitrogen and oxygen atoms in total. The summed E-state index contributed by atoms with van der Waals surface area (Å²) >= 11 is 0. The van der Waals surface area contributed by atoms with Crippen LogP contribution in [-0.2, 0) is 17.6 Å². The van der Waals surface area contributed by atoms with Crippen LogP contribution in [0.4, 0.5) is 5.69 Å². The Hall–Kier alpha value is -2.12. The van der Waals surface area contributed by atoms with Crippen LogP contribution in [0.25, 0.3) is 0 Å². The second-order valence-electron chi connectivity index (χ2n) is 6.93. The second-order valence-corrected chi connectivity index (χ2v) is 6.93. The van der Waals surface area contributed by atoms with Crippen LogP contribution in [0.5, 0.6) is 5.75 Å². The number of aliphatic hydroxyl groups is 3. The van der Waals surface area contributed by atoms with Gasteiger partial charge in [0.15, 0.2) is 0 Å². The first-order valence-electron chi connectivity index (χ1n) is 9.25. The highest BCUT2D eigenvalue weighted by molar-refractivity contribution is 5.50. The van der Waals surface area contributed by atoms with E-state index in [0.29, 0.717) is 17.9 Å². The first-order chi connectivity index (χ1) is 13.0. The van der Waals surface area contributed by atoms with Crippen LogP contribution < -0.4 is 10.5 Å². The van der Waals surface area contributed by atoms with E-state index in [9.17, 15) is 15.3 Å². The molecule has 1 heterocycles. The average molecular weight is 373 g/mol. The van der Waals surface area contributed by atoms with Gasteiger partial charge in [-0.15, -0.1) is 0 Å². The van der Waals surface area contributed by atoms with Crippen molar-refractivity contribution in [2.45, 2.75) is 50.8 Å². The van der Waals surface area contributed by atoms with Crippen molar-refractivity contribution in [2.24, 2.45) is 0 Å². The molecule has 3 rings (SSSR count). The van der Waals surface area contributed by atoms with Gasteiger partial charge in [0.25, 0.3) is 0 Å². The highest BCUT2D eigenvalue weighted by atomic mass is 16.7. The maximum atomic E-state index is 10.2. The molecule has 0 aliphatic carbocycles. The van der Waals surface area contributed by atoms with Crippen LogP contribution in [0.1, 0.15) is 30.0 Å². The largest absolute Gasteiger partial charge is 0.462 e. The number of rotatable bonds is 6. The molecule has 4 atom stereocenters. The van der Waals surface area contributed by atoms with E-state index in [1.807, 2.05) is 6.07 Å². The Morgan fingerprint density at radius 3 is 2.48 bits per heavy atom. The lowest BCUT2D eigenvalue weighted by Crippen LogP contribution is -2.51. The number of ether oxygens (including phenoxy) is 2. The third-order valence-corrected chi connectivity index (χ3v) is 4.87. The van der Waals surface area contributed by atoms with Crippen molar-refractivity contribution in [3.05, 3.63) is 59.2 Å². The Labute approximate surface area is 159 Å². The minimum atomic E-state index is -1.20. The molecule has 0 radical (unpaired) electrons. The number of nitrogen functional groups attached to an aromatic ring is 1. The van der Waals surface area contributed by atoms with Crippen LogP contribution in [-0.4, -0.2) is 46.5 Å². The fourth-order valence-electron chi connectivity index (χ4n) is 3.20. The van der Waals surface area contributed by atoms with Gasteiger partial charge in [0.2, 0.25) is 6.29 Å². The van der Waals surface area contributed by atoms with E-state index in [1.165, 1.54) is 5.56 Å². The quantitative estimate of drug-likeness (QED) is 0.574. The predicted molar refractivity (Wildman–Crippen MR) is 102 cm³/mol. The number of aliphatic hydroxyl groups excluding tert-OH is 3. The molecular weight excluding hydrogens is 346 g/mol. The first kappa shape index (κ1) is 19.6. The molecule has 27 heavy (non-hydrogen) atoms. The normalized spacial score (nSPS) is 25.3. The van der Waals surface area contributed by atoms with Gasteiger partial charge in [-0.1, -0.05) is 37.3 Å². The van der Waals surface area contributed by atoms with Gasteiger partial charge in [-0.05, 0) is 29.2 Å². The highest BCUT2D eigenvalue weighted by Gasteiger charge is 2.38. The first-order valence-corrected chi connectivity index (χ1v) is 9.25. The lowest BCUT2D eigenvalue weighted by molar-refractivity contribution is -0.240. The molecule has 2 aromatic rings. The molecule has 0 spiro atoms. The summed E-state index contributed by atoms with van der Waals surface area (Å²) in [5, 5.41) is 29.5. The van der Waals surface area contributed by atoms with Crippen LogP contribution in [0.15, 0.2) is 42.5 Å². The van der Waals surface area contributed by atoms with Gasteiger partial charge in [0, 0.05) is 24.6 Å². The average Bonchev–Trinajstić information content (AvgIpc) is 2.67. The van der Waals surface area contributed by atoms with Crippen molar-refractivity contribution < 1.29 is 24.8 Å². The lowest BCUT2D eigenvalue weighted by Gasteiger charge is -2.36. The highest BCUT2D eigenvalue weighted by Crippen LogP contribution is 2.29. The van der Waals surface area contributed by atoms with Gasteiger partial charge >= 0.3 is 0 Å². The second kappa shape index (κ2) is 8.71. The molecule has 5 N–H and O–H groups in total. The van der Waals surface area contributed by atoms with Crippen molar-refractivity contribution in [2.75, 3.05) is 12.3 Å². The topological polar surface area (TPSA) is 105 Å². The Morgan fingerprint density at radius 1 is 1.11 bits per heavy atom. The van der Waals surface area contributed by atoms with E-state index < -0.39 is 24.6 Å². The Kier molecular flexibility index (Phi) is 6.34. The van der Waals surface area contributed by atoms with E-state index in [0.717, 1.165) is 17.5 Å². The fraction of sp³-hybridized carbons (Fsp3) is 0.429. The zero-order valence-electron chi connectivity index (χ0n) is 15.4. The zero-order valence-corrected chi connectivity index (χ0v) is 15.4. The predicted octanol–water partition coefficient (Wildman–Crippen LogP) is 1.63. The summed E-state index contributed by atoms with van der Waals surface area (Å²) in [4.78, 5) is 0. The minimum Gasteiger partial charge on any atom is -0.462 e. The lowest BCUT2D eigenvalue weighted by atomic mass is 10.0. The summed E-state index contributed by atoms with van der Waals surface area (Å²) in [7, 11) is 0. The maximum Gasteiger partial charge on any atom is 0.229 e. The molecule has 2 aromatic carbocycles. The molecule has 0 saturated carbocycles. The number of anilines is 1. The number of nitrogens with two attached hydrogens (primary N) is 1. The van der Waals surface area contributed by atoms with Crippen LogP contribution >= 0.6 is 0 Å². The summed E-state index contributed by atoms with van der Waals surface area (Å²) in [6.45, 7) is 1.86. The van der Waals surface area contributed by atoms with Crippen molar-refractivity contribution in [3.63, 3.8) is 0 Å². The fourth-order valence-corrected chi connectivity index (χ4v) is 3.20. The summed E-state index contributed by atoms with van der Waals surface area (Å²) in [6.07, 6.45) is -2.10. The van der Waals surface area contributed by atoms with Crippen LogP contribution in [0.3, 0.4) is 0 Å². The third-order valence-electron chi connectivity index (χ3n) is 4.87. The van der Waals surface area contributed by atoms with Crippen LogP contribution in [0, 0.1) is 0 Å². The van der Waals surface area contributed by atoms with Crippen molar-refractivity contribution in [3.8, 4) is 5.75 Å². The van der Waals surface area contributed by atoms with E-state index in [4.69, 9.17) is 15.2 Å². The summed E-state index contributed by atoms with van der Waals surface area (Å²) < 4.78 is 11.5. The Bertz CT molecular complexity index is 749. The minimum absolute atomic E-state index is 0.158. The number of hydrogen-bond acceptors (Lipinski definition) is 6. The number of benzene rings is 2. The molecule has 0 unspecified atom stereocenters. The molecule has 146 valence electrons. The Morgan fingerprint density at radius 2 is 1.81 bits per heavy atom. The molecule has 0 amide bonds. The summed E-state index contributed by atoms with van der Waals surface area (Å²) in [6, 6.07) is 13.7. The molecule has 6 heteroatoms. The standard InChI is InChI=1S/C21H27NO5/c1-2-13-3-5-14(6-4-13)9-15-7-8-16(22)10-19(15)27-21-20(25)18(24)11-17(12-23)26-21/h3-8,10,17-18,20-21,23-25H,2,9,11-12,22H2,1H3/t17-,18-,20+,21+/m0/s1.